The molecule has 0 amide bonds. The fraction of sp³-hybridized carbons (Fsp3) is 0.154. The van der Waals surface area contributed by atoms with Gasteiger partial charge in [-0.15, -0.1) is 0 Å². The van der Waals surface area contributed by atoms with Crippen LogP contribution in [0, 0.1) is 6.92 Å². The standard InChI is InChI=1S/C13H14N4OS/c1-8-7-11(12(14)19)16-13(15-8)17(2)9-3-5-10(18)6-4-9/h3-7,18H,1-2H3,(H2,14,19). The molecular weight excluding hydrogens is 260 g/mol. The number of nitrogens with two attached hydrogens (primary N) is 1. The van der Waals surface area contributed by atoms with Gasteiger partial charge in [-0.1, -0.05) is 12.2 Å². The molecule has 3 N–H and O–H groups in total. The van der Waals surface area contributed by atoms with Crippen LogP contribution in [0.4, 0.5) is 11.6 Å². The number of anilines is 2. The van der Waals surface area contributed by atoms with Crippen molar-refractivity contribution in [1.29, 1.82) is 0 Å². The summed E-state index contributed by atoms with van der Waals surface area (Å²) in [5, 5.41) is 9.29. The van der Waals surface area contributed by atoms with Gasteiger partial charge in [0.15, 0.2) is 0 Å². The van der Waals surface area contributed by atoms with E-state index in [1.165, 1.54) is 0 Å². The molecule has 0 aliphatic carbocycles. The second-order valence-corrected chi connectivity index (χ2v) is 4.57. The molecular formula is C13H14N4OS. The number of aromatic hydroxyl groups is 1. The van der Waals surface area contributed by atoms with Gasteiger partial charge in [0.2, 0.25) is 5.95 Å². The van der Waals surface area contributed by atoms with E-state index in [0.29, 0.717) is 11.6 Å². The van der Waals surface area contributed by atoms with Crippen molar-refractivity contribution < 1.29 is 5.11 Å². The summed E-state index contributed by atoms with van der Waals surface area (Å²) in [5.74, 6) is 0.722. The lowest BCUT2D eigenvalue weighted by atomic mass is 10.3. The van der Waals surface area contributed by atoms with E-state index in [0.717, 1.165) is 11.4 Å². The van der Waals surface area contributed by atoms with Crippen molar-refractivity contribution in [3.63, 3.8) is 0 Å². The quantitative estimate of drug-likeness (QED) is 0.833. The minimum Gasteiger partial charge on any atom is -0.508 e. The van der Waals surface area contributed by atoms with Crippen LogP contribution in [0.5, 0.6) is 5.75 Å². The number of nitrogens with zero attached hydrogens (tertiary/aromatic N) is 3. The Bertz CT molecular complexity index is 613. The van der Waals surface area contributed by atoms with Crippen LogP contribution in [0.15, 0.2) is 30.3 Å². The summed E-state index contributed by atoms with van der Waals surface area (Å²) in [6.45, 7) is 1.86. The Kier molecular flexibility index (Phi) is 3.62. The highest BCUT2D eigenvalue weighted by Crippen LogP contribution is 2.22. The summed E-state index contributed by atoms with van der Waals surface area (Å²) in [5.41, 5.74) is 7.79. The molecule has 1 aromatic carbocycles. The van der Waals surface area contributed by atoms with Crippen molar-refractivity contribution >= 4 is 28.8 Å². The molecule has 0 aliphatic heterocycles. The highest BCUT2D eigenvalue weighted by Gasteiger charge is 2.10. The lowest BCUT2D eigenvalue weighted by molar-refractivity contribution is 0.475. The van der Waals surface area contributed by atoms with Gasteiger partial charge in [-0.05, 0) is 37.3 Å². The van der Waals surface area contributed by atoms with E-state index in [1.807, 2.05) is 14.0 Å². The van der Waals surface area contributed by atoms with Crippen LogP contribution < -0.4 is 10.6 Å². The molecule has 0 saturated carbocycles. The molecule has 0 aliphatic rings. The maximum atomic E-state index is 9.29. The largest absolute Gasteiger partial charge is 0.508 e. The van der Waals surface area contributed by atoms with Crippen molar-refractivity contribution in [2.75, 3.05) is 11.9 Å². The average Bonchev–Trinajstić information content (AvgIpc) is 2.38. The molecule has 2 aromatic rings. The molecule has 19 heavy (non-hydrogen) atoms. The second kappa shape index (κ2) is 5.19. The van der Waals surface area contributed by atoms with Crippen LogP contribution in [0.25, 0.3) is 0 Å². The second-order valence-electron chi connectivity index (χ2n) is 4.13. The number of aromatic nitrogens is 2. The fourth-order valence-electron chi connectivity index (χ4n) is 1.62. The minimum atomic E-state index is 0.214. The van der Waals surface area contributed by atoms with E-state index >= 15 is 0 Å². The number of aryl methyl sites for hydroxylation is 1. The Morgan fingerprint density at radius 1 is 1.26 bits per heavy atom. The first-order chi connectivity index (χ1) is 8.97. The molecule has 1 aromatic heterocycles. The molecule has 98 valence electrons. The molecule has 0 fully saturated rings. The predicted octanol–water partition coefficient (Wildman–Crippen LogP) is 1.89. The smallest absolute Gasteiger partial charge is 0.230 e. The zero-order valence-electron chi connectivity index (χ0n) is 10.7. The van der Waals surface area contributed by atoms with Gasteiger partial charge in [-0.3, -0.25) is 0 Å². The lowest BCUT2D eigenvalue weighted by Crippen LogP contribution is -2.18. The SMILES string of the molecule is Cc1cc(C(N)=S)nc(N(C)c2ccc(O)cc2)n1. The molecule has 1 heterocycles. The molecule has 2 rings (SSSR count). The normalized spacial score (nSPS) is 10.2. The van der Waals surface area contributed by atoms with Gasteiger partial charge in [0.25, 0.3) is 0 Å². The van der Waals surface area contributed by atoms with Gasteiger partial charge >= 0.3 is 0 Å². The monoisotopic (exact) mass is 274 g/mol. The Labute approximate surface area is 116 Å². The average molecular weight is 274 g/mol. The van der Waals surface area contributed by atoms with E-state index in [4.69, 9.17) is 18.0 Å². The summed E-state index contributed by atoms with van der Waals surface area (Å²) in [6.07, 6.45) is 0. The van der Waals surface area contributed by atoms with Gasteiger partial charge in [-0.2, -0.15) is 0 Å². The topological polar surface area (TPSA) is 75.3 Å². The third kappa shape index (κ3) is 2.97. The molecule has 0 spiro atoms. The third-order valence-electron chi connectivity index (χ3n) is 2.63. The van der Waals surface area contributed by atoms with Gasteiger partial charge in [0, 0.05) is 18.4 Å². The summed E-state index contributed by atoms with van der Waals surface area (Å²) >= 11 is 4.94. The first-order valence-corrected chi connectivity index (χ1v) is 6.06. The van der Waals surface area contributed by atoms with E-state index in [9.17, 15) is 5.11 Å². The summed E-state index contributed by atoms with van der Waals surface area (Å²) < 4.78 is 0. The van der Waals surface area contributed by atoms with Gasteiger partial charge in [0.1, 0.15) is 16.4 Å². The minimum absolute atomic E-state index is 0.214. The molecule has 0 atom stereocenters. The van der Waals surface area contributed by atoms with Gasteiger partial charge < -0.3 is 15.7 Å². The fourth-order valence-corrected chi connectivity index (χ4v) is 1.73. The van der Waals surface area contributed by atoms with E-state index in [1.54, 1.807) is 35.2 Å². The molecule has 6 heteroatoms. The summed E-state index contributed by atoms with van der Waals surface area (Å²) in [7, 11) is 1.84. The first-order valence-electron chi connectivity index (χ1n) is 5.65. The number of benzene rings is 1. The van der Waals surface area contributed by atoms with Crippen molar-refractivity contribution in [1.82, 2.24) is 9.97 Å². The van der Waals surface area contributed by atoms with Crippen LogP contribution in [-0.4, -0.2) is 27.1 Å². The van der Waals surface area contributed by atoms with Crippen LogP contribution in [0.2, 0.25) is 0 Å². The van der Waals surface area contributed by atoms with Crippen LogP contribution >= 0.6 is 12.2 Å². The van der Waals surface area contributed by atoms with Crippen molar-refractivity contribution in [3.05, 3.63) is 41.7 Å². The maximum absolute atomic E-state index is 9.29. The van der Waals surface area contributed by atoms with Crippen LogP contribution in [-0.2, 0) is 0 Å². The third-order valence-corrected chi connectivity index (χ3v) is 2.84. The molecule has 5 nitrogen and oxygen atoms in total. The Hall–Kier alpha value is -2.21. The van der Waals surface area contributed by atoms with Crippen molar-refractivity contribution in [2.45, 2.75) is 6.92 Å². The van der Waals surface area contributed by atoms with Gasteiger partial charge in [0.05, 0.1) is 0 Å². The summed E-state index contributed by atoms with van der Waals surface area (Å²) in [4.78, 5) is 10.7. The van der Waals surface area contributed by atoms with E-state index in [-0.39, 0.29) is 10.7 Å². The molecule has 0 bridgehead atoms. The summed E-state index contributed by atoms with van der Waals surface area (Å²) in [6, 6.07) is 8.52. The Balaban J connectivity index is 2.40. The molecule has 0 radical (unpaired) electrons. The highest BCUT2D eigenvalue weighted by molar-refractivity contribution is 7.80. The zero-order chi connectivity index (χ0) is 14.0. The predicted molar refractivity (Wildman–Crippen MR) is 78.8 cm³/mol. The maximum Gasteiger partial charge on any atom is 0.230 e. The van der Waals surface area contributed by atoms with Crippen LogP contribution in [0.1, 0.15) is 11.4 Å². The number of thiocarbonyl (C=S) groups is 1. The molecule has 0 saturated heterocycles. The first kappa shape index (κ1) is 13.2. The van der Waals surface area contributed by atoms with E-state index < -0.39 is 0 Å². The highest BCUT2D eigenvalue weighted by atomic mass is 32.1. The Morgan fingerprint density at radius 3 is 2.47 bits per heavy atom. The number of phenolic OH excluding ortho intramolecular Hbond substituents is 1. The zero-order valence-corrected chi connectivity index (χ0v) is 11.5. The van der Waals surface area contributed by atoms with Crippen molar-refractivity contribution in [3.8, 4) is 5.75 Å². The molecule has 0 unspecified atom stereocenters. The van der Waals surface area contributed by atoms with Crippen LogP contribution in [0.3, 0.4) is 0 Å². The van der Waals surface area contributed by atoms with Gasteiger partial charge in [-0.25, -0.2) is 9.97 Å². The number of hydrogen-bond donors (Lipinski definition) is 2. The Morgan fingerprint density at radius 2 is 1.89 bits per heavy atom. The van der Waals surface area contributed by atoms with E-state index in [2.05, 4.69) is 9.97 Å². The number of hydrogen-bond acceptors (Lipinski definition) is 5. The lowest BCUT2D eigenvalue weighted by Gasteiger charge is -2.18. The van der Waals surface area contributed by atoms with Crippen molar-refractivity contribution in [2.24, 2.45) is 5.73 Å². The number of rotatable bonds is 3. The number of phenols is 1.